The minimum atomic E-state index is 0.0209. The topological polar surface area (TPSA) is 58.2 Å². The molecule has 0 radical (unpaired) electrons. The molecule has 1 fully saturated rings. The summed E-state index contributed by atoms with van der Waals surface area (Å²) in [7, 11) is 0. The van der Waals surface area contributed by atoms with Crippen molar-refractivity contribution in [1.29, 1.82) is 0 Å². The molecule has 1 aromatic carbocycles. The molecule has 6 heteroatoms. The number of aromatic nitrogens is 2. The molecular weight excluding hydrogens is 370 g/mol. The lowest BCUT2D eigenvalue weighted by atomic mass is 9.98. The first kappa shape index (κ1) is 18.0. The van der Waals surface area contributed by atoms with E-state index >= 15 is 0 Å². The van der Waals surface area contributed by atoms with Crippen molar-refractivity contribution in [3.63, 3.8) is 0 Å². The Labute approximate surface area is 168 Å². The van der Waals surface area contributed by atoms with Gasteiger partial charge in [0.15, 0.2) is 0 Å². The van der Waals surface area contributed by atoms with Crippen molar-refractivity contribution in [2.45, 2.75) is 57.8 Å². The zero-order valence-corrected chi connectivity index (χ0v) is 17.1. The monoisotopic (exact) mass is 395 g/mol. The van der Waals surface area contributed by atoms with Crippen LogP contribution in [0.25, 0.3) is 10.2 Å². The molecule has 5 nitrogen and oxygen atoms in total. The average Bonchev–Trinajstić information content (AvgIpc) is 3.26. The number of fused-ring (bicyclic) bond motifs is 3. The molecule has 2 aliphatic rings. The van der Waals surface area contributed by atoms with Gasteiger partial charge in [0.25, 0.3) is 5.56 Å². The van der Waals surface area contributed by atoms with E-state index in [-0.39, 0.29) is 23.7 Å². The highest BCUT2D eigenvalue weighted by Crippen LogP contribution is 2.35. The largest absolute Gasteiger partial charge is 0.370 e. The molecule has 0 saturated carbocycles. The first-order valence-electron chi connectivity index (χ1n) is 10.1. The molecule has 0 amide bonds. The Morgan fingerprint density at radius 3 is 2.89 bits per heavy atom. The van der Waals surface area contributed by atoms with E-state index in [9.17, 15) is 4.79 Å². The molecule has 3 unspecified atom stereocenters. The van der Waals surface area contributed by atoms with Crippen LogP contribution in [0.5, 0.6) is 0 Å². The molecule has 3 atom stereocenters. The van der Waals surface area contributed by atoms with Crippen molar-refractivity contribution < 1.29 is 4.74 Å². The van der Waals surface area contributed by atoms with Crippen LogP contribution < -0.4 is 5.56 Å². The van der Waals surface area contributed by atoms with Crippen molar-refractivity contribution in [2.24, 2.45) is 0 Å². The summed E-state index contributed by atoms with van der Waals surface area (Å²) in [5.41, 5.74) is 2.45. The van der Waals surface area contributed by atoms with Gasteiger partial charge in [-0.1, -0.05) is 30.3 Å². The van der Waals surface area contributed by atoms with E-state index in [1.54, 1.807) is 11.3 Å². The number of aryl methyl sites for hydroxylation is 2. The molecule has 0 bridgehead atoms. The first-order valence-corrected chi connectivity index (χ1v) is 10.9. The summed E-state index contributed by atoms with van der Waals surface area (Å²) < 4.78 is 6.16. The summed E-state index contributed by atoms with van der Waals surface area (Å²) in [5, 5.41) is 0.825. The highest BCUT2D eigenvalue weighted by molar-refractivity contribution is 7.18. The number of thiophene rings is 1. The normalized spacial score (nSPS) is 25.3. The zero-order chi connectivity index (χ0) is 19.3. The number of rotatable bonds is 3. The Hall–Kier alpha value is -2.02. The number of H-pyrrole nitrogens is 1. The Morgan fingerprint density at radius 2 is 2.07 bits per heavy atom. The number of benzene rings is 1. The molecule has 3 aromatic rings. The predicted molar refractivity (Wildman–Crippen MR) is 112 cm³/mol. The van der Waals surface area contributed by atoms with Crippen molar-refractivity contribution in [3.8, 4) is 0 Å². The minimum Gasteiger partial charge on any atom is -0.370 e. The lowest BCUT2D eigenvalue weighted by molar-refractivity contribution is -0.100. The second-order valence-electron chi connectivity index (χ2n) is 7.98. The number of hydrogen-bond donors (Lipinski definition) is 1. The fourth-order valence-electron chi connectivity index (χ4n) is 4.67. The van der Waals surface area contributed by atoms with Crippen LogP contribution in [0.1, 0.15) is 48.2 Å². The van der Waals surface area contributed by atoms with Crippen molar-refractivity contribution in [3.05, 3.63) is 62.5 Å². The van der Waals surface area contributed by atoms with E-state index in [0.717, 1.165) is 35.3 Å². The molecule has 1 saturated heterocycles. The van der Waals surface area contributed by atoms with E-state index in [4.69, 9.17) is 9.72 Å². The van der Waals surface area contributed by atoms with Crippen LogP contribution in [0.3, 0.4) is 0 Å². The Bertz CT molecular complexity index is 1060. The van der Waals surface area contributed by atoms with Crippen molar-refractivity contribution in [1.82, 2.24) is 14.9 Å². The summed E-state index contributed by atoms with van der Waals surface area (Å²) in [5.74, 6) is 0.754. The molecule has 28 heavy (non-hydrogen) atoms. The molecule has 1 N–H and O–H groups in total. The van der Waals surface area contributed by atoms with E-state index in [0.29, 0.717) is 13.2 Å². The zero-order valence-electron chi connectivity index (χ0n) is 16.3. The average molecular weight is 396 g/mol. The highest BCUT2D eigenvalue weighted by Gasteiger charge is 2.34. The van der Waals surface area contributed by atoms with Crippen LogP contribution >= 0.6 is 11.3 Å². The van der Waals surface area contributed by atoms with Gasteiger partial charge in [0.2, 0.25) is 0 Å². The van der Waals surface area contributed by atoms with E-state index in [1.807, 2.05) is 6.07 Å². The van der Waals surface area contributed by atoms with Gasteiger partial charge in [-0.05, 0) is 44.2 Å². The number of ether oxygens (including phenoxy) is 1. The van der Waals surface area contributed by atoms with Crippen molar-refractivity contribution in [2.75, 3.05) is 6.61 Å². The smallest absolute Gasteiger partial charge is 0.259 e. The molecule has 3 heterocycles. The lowest BCUT2D eigenvalue weighted by Gasteiger charge is -2.43. The highest BCUT2D eigenvalue weighted by atomic mass is 32.1. The van der Waals surface area contributed by atoms with Crippen molar-refractivity contribution >= 4 is 21.6 Å². The van der Waals surface area contributed by atoms with Crippen LogP contribution in [0.4, 0.5) is 0 Å². The van der Waals surface area contributed by atoms with Gasteiger partial charge in [-0.15, -0.1) is 11.3 Å². The van der Waals surface area contributed by atoms with Gasteiger partial charge in [0, 0.05) is 17.0 Å². The summed E-state index contributed by atoms with van der Waals surface area (Å²) in [6.45, 7) is 5.67. The molecule has 0 spiro atoms. The summed E-state index contributed by atoms with van der Waals surface area (Å²) >= 11 is 1.70. The third kappa shape index (κ3) is 3.00. The Balaban J connectivity index is 1.45. The van der Waals surface area contributed by atoms with Gasteiger partial charge in [0.05, 0.1) is 24.6 Å². The van der Waals surface area contributed by atoms with Gasteiger partial charge in [-0.25, -0.2) is 4.98 Å². The third-order valence-electron chi connectivity index (χ3n) is 6.13. The summed E-state index contributed by atoms with van der Waals surface area (Å²) in [4.78, 5) is 25.3. The Morgan fingerprint density at radius 1 is 1.25 bits per heavy atom. The van der Waals surface area contributed by atoms with Crippen LogP contribution in [0.2, 0.25) is 0 Å². The van der Waals surface area contributed by atoms with Crippen LogP contribution in [-0.2, 0) is 24.1 Å². The Kier molecular flexibility index (Phi) is 4.57. The fourth-order valence-corrected chi connectivity index (χ4v) is 5.95. The summed E-state index contributed by atoms with van der Waals surface area (Å²) in [6.07, 6.45) is 3.28. The van der Waals surface area contributed by atoms with E-state index in [2.05, 4.69) is 48.0 Å². The van der Waals surface area contributed by atoms with Gasteiger partial charge in [0.1, 0.15) is 10.7 Å². The number of morpholine rings is 1. The number of nitrogens with zero attached hydrogens (tertiary/aromatic N) is 2. The molecule has 1 aliphatic heterocycles. The lowest BCUT2D eigenvalue weighted by Crippen LogP contribution is -2.50. The second-order valence-corrected chi connectivity index (χ2v) is 9.06. The molecule has 2 aromatic heterocycles. The molecule has 5 rings (SSSR count). The number of hydrogen-bond acceptors (Lipinski definition) is 5. The van der Waals surface area contributed by atoms with Gasteiger partial charge in [-0.3, -0.25) is 9.69 Å². The first-order chi connectivity index (χ1) is 13.6. The van der Waals surface area contributed by atoms with Gasteiger partial charge < -0.3 is 9.72 Å². The van der Waals surface area contributed by atoms with E-state index in [1.165, 1.54) is 16.0 Å². The van der Waals surface area contributed by atoms with Gasteiger partial charge in [-0.2, -0.15) is 0 Å². The van der Waals surface area contributed by atoms with E-state index < -0.39 is 0 Å². The maximum atomic E-state index is 12.8. The maximum Gasteiger partial charge on any atom is 0.259 e. The van der Waals surface area contributed by atoms with Gasteiger partial charge >= 0.3 is 0 Å². The van der Waals surface area contributed by atoms with Crippen LogP contribution in [0, 0.1) is 0 Å². The van der Waals surface area contributed by atoms with Crippen LogP contribution in [0.15, 0.2) is 35.1 Å². The molecule has 1 aliphatic carbocycles. The molecule has 146 valence electrons. The molecular formula is C22H25N3O2S. The standard InChI is InChI=1S/C22H25N3O2S/c1-13-12-27-20(15-7-4-3-5-8-15)14(2)25(13)11-18-23-21(26)19-16-9-6-10-17(16)28-22(19)24-18/h3-5,7-8,13-14,20H,6,9-12H2,1-2H3,(H,23,24,26). The maximum absolute atomic E-state index is 12.8. The third-order valence-corrected chi connectivity index (χ3v) is 7.31. The fraction of sp³-hybridized carbons (Fsp3) is 0.455. The summed E-state index contributed by atoms with van der Waals surface area (Å²) in [6, 6.07) is 10.8. The number of nitrogens with one attached hydrogen (secondary N) is 1. The minimum absolute atomic E-state index is 0.0209. The number of aromatic amines is 1. The second kappa shape index (κ2) is 7.10. The predicted octanol–water partition coefficient (Wildman–Crippen LogP) is 3.82. The SMILES string of the molecule is CC1COC(c2ccccc2)C(C)N1Cc1nc2sc3c(c2c(=O)[nH]1)CCC3. The quantitative estimate of drug-likeness (QED) is 0.732. The van der Waals surface area contributed by atoms with Crippen LogP contribution in [-0.4, -0.2) is 33.6 Å².